The van der Waals surface area contributed by atoms with Crippen LogP contribution in [0.25, 0.3) is 0 Å². The number of hydrogen-bond donors (Lipinski definition) is 1. The normalized spacial score (nSPS) is 13.6. The molecular formula is C23H47NO3. The van der Waals surface area contributed by atoms with Gasteiger partial charge in [0.1, 0.15) is 6.61 Å². The number of nitrogens with zero attached hydrogens (tertiary/aromatic N) is 1. The summed E-state index contributed by atoms with van der Waals surface area (Å²) >= 11 is 0. The summed E-state index contributed by atoms with van der Waals surface area (Å²) in [6, 6.07) is 0. The highest BCUT2D eigenvalue weighted by atomic mass is 16.6. The van der Waals surface area contributed by atoms with Crippen LogP contribution in [0.1, 0.15) is 136 Å². The molecule has 0 fully saturated rings. The minimum absolute atomic E-state index is 0.333. The van der Waals surface area contributed by atoms with Gasteiger partial charge in [-0.05, 0) is 6.42 Å². The van der Waals surface area contributed by atoms with Gasteiger partial charge in [-0.3, -0.25) is 10.1 Å². The van der Waals surface area contributed by atoms with Crippen LogP contribution in [0.3, 0.4) is 0 Å². The molecule has 0 aliphatic rings. The Kier molecular flexibility index (Phi) is 18.3. The molecule has 1 N–H and O–H groups in total. The predicted molar refractivity (Wildman–Crippen MR) is 116 cm³/mol. The predicted octanol–water partition coefficient (Wildman–Crippen LogP) is 7.45. The van der Waals surface area contributed by atoms with Crippen molar-refractivity contribution in [2.75, 3.05) is 6.61 Å². The molecular weight excluding hydrogens is 338 g/mol. The lowest BCUT2D eigenvalue weighted by molar-refractivity contribution is -0.570. The average Bonchev–Trinajstić information content (AvgIpc) is 2.66. The lowest BCUT2D eigenvalue weighted by Crippen LogP contribution is -2.38. The van der Waals surface area contributed by atoms with Gasteiger partial charge >= 0.3 is 0 Å². The molecule has 27 heavy (non-hydrogen) atoms. The first-order valence-electron chi connectivity index (χ1n) is 11.8. The molecule has 0 aromatic rings. The first kappa shape index (κ1) is 26.4. The number of nitro groups is 1. The Bertz CT molecular complexity index is 336. The standard InChI is InChI=1S/C23H47NO3/c1-3-4-5-6-7-8-9-10-11-12-13-14-15-16-17-18-19-20-21-23(2,22-25)24(26)27/h25H,3-22H2,1-2H3. The first-order valence-corrected chi connectivity index (χ1v) is 11.8. The largest absolute Gasteiger partial charge is 0.389 e. The fraction of sp³-hybridized carbons (Fsp3) is 1.00. The SMILES string of the molecule is CCCCCCCCCCCCCCCCCCCCC(C)(CO)[N+](=O)[O-]. The van der Waals surface area contributed by atoms with Crippen LogP contribution in [-0.2, 0) is 0 Å². The Morgan fingerprint density at radius 3 is 1.22 bits per heavy atom. The fourth-order valence-electron chi connectivity index (χ4n) is 3.64. The highest BCUT2D eigenvalue weighted by molar-refractivity contribution is 4.72. The van der Waals surface area contributed by atoms with E-state index in [1.807, 2.05) is 0 Å². The summed E-state index contributed by atoms with van der Waals surface area (Å²) in [7, 11) is 0. The molecule has 4 nitrogen and oxygen atoms in total. The molecule has 0 aromatic heterocycles. The van der Waals surface area contributed by atoms with Crippen LogP contribution in [0.4, 0.5) is 0 Å². The summed E-state index contributed by atoms with van der Waals surface area (Å²) in [4.78, 5) is 10.6. The Morgan fingerprint density at radius 1 is 0.667 bits per heavy atom. The van der Waals surface area contributed by atoms with E-state index in [0.29, 0.717) is 6.42 Å². The Balaban J connectivity index is 3.20. The molecule has 0 heterocycles. The van der Waals surface area contributed by atoms with E-state index in [0.717, 1.165) is 19.3 Å². The molecule has 0 saturated carbocycles. The zero-order valence-electron chi connectivity index (χ0n) is 18.4. The quantitative estimate of drug-likeness (QED) is 0.127. The monoisotopic (exact) mass is 385 g/mol. The lowest BCUT2D eigenvalue weighted by atomic mass is 9.95. The second-order valence-electron chi connectivity index (χ2n) is 8.67. The van der Waals surface area contributed by atoms with E-state index in [-0.39, 0.29) is 11.5 Å². The zero-order chi connectivity index (χ0) is 20.2. The van der Waals surface area contributed by atoms with Gasteiger partial charge in [-0.1, -0.05) is 116 Å². The van der Waals surface area contributed by atoms with Crippen LogP contribution in [-0.4, -0.2) is 22.2 Å². The smallest absolute Gasteiger partial charge is 0.242 e. The van der Waals surface area contributed by atoms with Crippen molar-refractivity contribution >= 4 is 0 Å². The van der Waals surface area contributed by atoms with Gasteiger partial charge in [0, 0.05) is 18.3 Å². The van der Waals surface area contributed by atoms with E-state index in [9.17, 15) is 10.1 Å². The molecule has 0 amide bonds. The molecule has 1 atom stereocenters. The molecule has 0 rings (SSSR count). The maximum Gasteiger partial charge on any atom is 0.242 e. The van der Waals surface area contributed by atoms with Gasteiger partial charge in [0.25, 0.3) is 0 Å². The Morgan fingerprint density at radius 2 is 0.963 bits per heavy atom. The highest BCUT2D eigenvalue weighted by Crippen LogP contribution is 2.19. The molecule has 0 aromatic carbocycles. The van der Waals surface area contributed by atoms with Crippen LogP contribution in [0.2, 0.25) is 0 Å². The van der Waals surface area contributed by atoms with Gasteiger partial charge in [-0.15, -0.1) is 0 Å². The second kappa shape index (κ2) is 18.7. The van der Waals surface area contributed by atoms with Crippen molar-refractivity contribution in [2.24, 2.45) is 0 Å². The van der Waals surface area contributed by atoms with Crippen LogP contribution in [0.15, 0.2) is 0 Å². The van der Waals surface area contributed by atoms with Gasteiger partial charge in [0.05, 0.1) is 0 Å². The van der Waals surface area contributed by atoms with Crippen molar-refractivity contribution in [1.29, 1.82) is 0 Å². The summed E-state index contributed by atoms with van der Waals surface area (Å²) < 4.78 is 0. The number of unbranched alkanes of at least 4 members (excludes halogenated alkanes) is 17. The maximum atomic E-state index is 10.9. The Labute approximate surface area is 168 Å². The minimum Gasteiger partial charge on any atom is -0.389 e. The number of aliphatic hydroxyl groups is 1. The summed E-state index contributed by atoms with van der Waals surface area (Å²) in [5.74, 6) is 0. The van der Waals surface area contributed by atoms with Crippen molar-refractivity contribution in [3.63, 3.8) is 0 Å². The molecule has 0 radical (unpaired) electrons. The molecule has 0 saturated heterocycles. The molecule has 4 heteroatoms. The van der Waals surface area contributed by atoms with E-state index in [2.05, 4.69) is 6.92 Å². The second-order valence-corrected chi connectivity index (χ2v) is 8.67. The van der Waals surface area contributed by atoms with Crippen molar-refractivity contribution in [2.45, 2.75) is 141 Å². The third-order valence-corrected chi connectivity index (χ3v) is 5.85. The summed E-state index contributed by atoms with van der Waals surface area (Å²) in [5, 5.41) is 20.1. The summed E-state index contributed by atoms with van der Waals surface area (Å²) in [5.41, 5.74) is -1.14. The van der Waals surface area contributed by atoms with Gasteiger partial charge < -0.3 is 5.11 Å². The van der Waals surface area contributed by atoms with Gasteiger partial charge in [-0.2, -0.15) is 0 Å². The summed E-state index contributed by atoms with van der Waals surface area (Å²) in [6.45, 7) is 3.45. The summed E-state index contributed by atoms with van der Waals surface area (Å²) in [6.07, 6.45) is 24.3. The van der Waals surface area contributed by atoms with Crippen LogP contribution in [0, 0.1) is 10.1 Å². The fourth-order valence-corrected chi connectivity index (χ4v) is 3.64. The number of hydrogen-bond acceptors (Lipinski definition) is 3. The maximum absolute atomic E-state index is 10.9. The third kappa shape index (κ3) is 16.1. The van der Waals surface area contributed by atoms with Crippen molar-refractivity contribution in [3.8, 4) is 0 Å². The van der Waals surface area contributed by atoms with E-state index in [1.54, 1.807) is 6.92 Å². The molecule has 0 aliphatic carbocycles. The van der Waals surface area contributed by atoms with Crippen molar-refractivity contribution in [1.82, 2.24) is 0 Å². The van der Waals surface area contributed by atoms with Crippen molar-refractivity contribution < 1.29 is 10.0 Å². The van der Waals surface area contributed by atoms with Gasteiger partial charge in [0.2, 0.25) is 5.54 Å². The van der Waals surface area contributed by atoms with Crippen molar-refractivity contribution in [3.05, 3.63) is 10.1 Å². The zero-order valence-corrected chi connectivity index (χ0v) is 18.4. The molecule has 1 unspecified atom stereocenters. The lowest BCUT2D eigenvalue weighted by Gasteiger charge is -2.17. The van der Waals surface area contributed by atoms with E-state index in [4.69, 9.17) is 5.11 Å². The van der Waals surface area contributed by atoms with Crippen LogP contribution in [0.5, 0.6) is 0 Å². The number of rotatable bonds is 21. The topological polar surface area (TPSA) is 63.4 Å². The van der Waals surface area contributed by atoms with E-state index < -0.39 is 5.54 Å². The van der Waals surface area contributed by atoms with E-state index >= 15 is 0 Å². The first-order chi connectivity index (χ1) is 13.1. The molecule has 0 bridgehead atoms. The van der Waals surface area contributed by atoms with Gasteiger partial charge in [0.15, 0.2) is 0 Å². The minimum atomic E-state index is -1.14. The van der Waals surface area contributed by atoms with Crippen LogP contribution >= 0.6 is 0 Å². The molecule has 162 valence electrons. The average molecular weight is 386 g/mol. The van der Waals surface area contributed by atoms with Crippen LogP contribution < -0.4 is 0 Å². The van der Waals surface area contributed by atoms with E-state index in [1.165, 1.54) is 96.3 Å². The van der Waals surface area contributed by atoms with Gasteiger partial charge in [-0.25, -0.2) is 0 Å². The number of aliphatic hydroxyl groups excluding tert-OH is 1. The molecule has 0 spiro atoms. The Hall–Kier alpha value is -0.640. The third-order valence-electron chi connectivity index (χ3n) is 5.85. The molecule has 0 aliphatic heterocycles. The highest BCUT2D eigenvalue weighted by Gasteiger charge is 2.35.